The molecule has 0 spiro atoms. The molecule has 0 aromatic carbocycles. The number of esters is 1. The molecule has 0 aliphatic carbocycles. The summed E-state index contributed by atoms with van der Waals surface area (Å²) in [7, 11) is 3.56. The standard InChI is InChI=1S/C12H18N2O2S/c1-14-5-3-9(4-6-14)12-13-10(8-17-12)7-11(15)16-2/h8-9H,3-7H2,1-2H3. The number of rotatable bonds is 3. The van der Waals surface area contributed by atoms with E-state index in [1.165, 1.54) is 25.0 Å². The van der Waals surface area contributed by atoms with Gasteiger partial charge < -0.3 is 9.64 Å². The fraction of sp³-hybridized carbons (Fsp3) is 0.667. The third-order valence-electron chi connectivity index (χ3n) is 3.19. The average Bonchev–Trinajstić information content (AvgIpc) is 2.78. The Labute approximate surface area is 106 Å². The van der Waals surface area contributed by atoms with Crippen LogP contribution in [-0.4, -0.2) is 43.1 Å². The quantitative estimate of drug-likeness (QED) is 0.770. The molecule has 94 valence electrons. The molecule has 2 rings (SSSR count). The van der Waals surface area contributed by atoms with Crippen LogP contribution in [0.25, 0.3) is 0 Å². The van der Waals surface area contributed by atoms with Gasteiger partial charge in [0.1, 0.15) is 0 Å². The van der Waals surface area contributed by atoms with E-state index in [1.807, 2.05) is 5.38 Å². The smallest absolute Gasteiger partial charge is 0.311 e. The van der Waals surface area contributed by atoms with E-state index in [1.54, 1.807) is 11.3 Å². The Kier molecular flexibility index (Phi) is 4.12. The van der Waals surface area contributed by atoms with E-state index < -0.39 is 0 Å². The van der Waals surface area contributed by atoms with Gasteiger partial charge in [-0.2, -0.15) is 0 Å². The van der Waals surface area contributed by atoms with Gasteiger partial charge in [0, 0.05) is 11.3 Å². The minimum Gasteiger partial charge on any atom is -0.469 e. The van der Waals surface area contributed by atoms with Crippen molar-refractivity contribution in [1.82, 2.24) is 9.88 Å². The van der Waals surface area contributed by atoms with Crippen molar-refractivity contribution in [2.75, 3.05) is 27.2 Å². The van der Waals surface area contributed by atoms with Crippen molar-refractivity contribution in [2.24, 2.45) is 0 Å². The first kappa shape index (κ1) is 12.5. The molecule has 17 heavy (non-hydrogen) atoms. The highest BCUT2D eigenvalue weighted by atomic mass is 32.1. The number of likely N-dealkylation sites (tertiary alicyclic amines) is 1. The number of hydrogen-bond acceptors (Lipinski definition) is 5. The molecule has 0 bridgehead atoms. The van der Waals surface area contributed by atoms with Gasteiger partial charge in [0.05, 0.1) is 24.2 Å². The van der Waals surface area contributed by atoms with Crippen LogP contribution in [0.1, 0.15) is 29.5 Å². The predicted molar refractivity (Wildman–Crippen MR) is 67.3 cm³/mol. The topological polar surface area (TPSA) is 42.4 Å². The SMILES string of the molecule is COC(=O)Cc1csc(C2CCN(C)CC2)n1. The van der Waals surface area contributed by atoms with Crippen molar-refractivity contribution >= 4 is 17.3 Å². The molecule has 0 amide bonds. The largest absolute Gasteiger partial charge is 0.469 e. The second kappa shape index (κ2) is 5.60. The molecule has 1 aromatic rings. The summed E-state index contributed by atoms with van der Waals surface area (Å²) in [6.07, 6.45) is 2.63. The van der Waals surface area contributed by atoms with E-state index in [-0.39, 0.29) is 5.97 Å². The molecule has 0 saturated carbocycles. The normalized spacial score (nSPS) is 18.2. The third kappa shape index (κ3) is 3.26. The van der Waals surface area contributed by atoms with Gasteiger partial charge in [-0.1, -0.05) is 0 Å². The Morgan fingerprint density at radius 2 is 2.29 bits per heavy atom. The Hall–Kier alpha value is -0.940. The molecular weight excluding hydrogens is 236 g/mol. The summed E-state index contributed by atoms with van der Waals surface area (Å²) in [5, 5.41) is 3.15. The van der Waals surface area contributed by atoms with E-state index in [4.69, 9.17) is 0 Å². The van der Waals surface area contributed by atoms with E-state index in [2.05, 4.69) is 21.7 Å². The maximum atomic E-state index is 11.1. The van der Waals surface area contributed by atoms with Crippen molar-refractivity contribution in [3.05, 3.63) is 16.1 Å². The summed E-state index contributed by atoms with van der Waals surface area (Å²) >= 11 is 1.67. The number of piperidine rings is 1. The molecule has 1 saturated heterocycles. The number of ether oxygens (including phenoxy) is 1. The van der Waals surface area contributed by atoms with Gasteiger partial charge >= 0.3 is 5.97 Å². The van der Waals surface area contributed by atoms with Crippen LogP contribution in [0, 0.1) is 0 Å². The van der Waals surface area contributed by atoms with Crippen molar-refractivity contribution in [2.45, 2.75) is 25.2 Å². The van der Waals surface area contributed by atoms with E-state index in [0.717, 1.165) is 18.8 Å². The summed E-state index contributed by atoms with van der Waals surface area (Å²) in [6.45, 7) is 2.27. The number of hydrogen-bond donors (Lipinski definition) is 0. The van der Waals surface area contributed by atoms with Crippen LogP contribution < -0.4 is 0 Å². The maximum Gasteiger partial charge on any atom is 0.311 e. The van der Waals surface area contributed by atoms with Gasteiger partial charge in [0.2, 0.25) is 0 Å². The number of thiazole rings is 1. The van der Waals surface area contributed by atoms with Crippen molar-refractivity contribution in [1.29, 1.82) is 0 Å². The first-order valence-electron chi connectivity index (χ1n) is 5.88. The molecule has 0 unspecified atom stereocenters. The number of aromatic nitrogens is 1. The van der Waals surface area contributed by atoms with Crippen LogP contribution in [0.15, 0.2) is 5.38 Å². The van der Waals surface area contributed by atoms with Crippen molar-refractivity contribution in [3.8, 4) is 0 Å². The zero-order valence-electron chi connectivity index (χ0n) is 10.3. The molecule has 4 nitrogen and oxygen atoms in total. The number of nitrogens with zero attached hydrogens (tertiary/aromatic N) is 2. The molecule has 5 heteroatoms. The van der Waals surface area contributed by atoms with E-state index in [0.29, 0.717) is 12.3 Å². The highest BCUT2D eigenvalue weighted by molar-refractivity contribution is 7.09. The maximum absolute atomic E-state index is 11.1. The monoisotopic (exact) mass is 254 g/mol. The highest BCUT2D eigenvalue weighted by Crippen LogP contribution is 2.29. The van der Waals surface area contributed by atoms with Crippen LogP contribution in [-0.2, 0) is 16.0 Å². The molecule has 0 N–H and O–H groups in total. The van der Waals surface area contributed by atoms with Crippen LogP contribution in [0.2, 0.25) is 0 Å². The van der Waals surface area contributed by atoms with Gasteiger partial charge in [-0.3, -0.25) is 4.79 Å². The zero-order chi connectivity index (χ0) is 12.3. The summed E-state index contributed by atoms with van der Waals surface area (Å²) in [6, 6.07) is 0. The lowest BCUT2D eigenvalue weighted by Gasteiger charge is -2.27. The second-order valence-corrected chi connectivity index (χ2v) is 5.40. The molecule has 1 aliphatic rings. The van der Waals surface area contributed by atoms with Crippen LogP contribution in [0.3, 0.4) is 0 Å². The summed E-state index contributed by atoms with van der Waals surface area (Å²) < 4.78 is 4.64. The van der Waals surface area contributed by atoms with Gasteiger partial charge in [-0.05, 0) is 33.0 Å². The lowest BCUT2D eigenvalue weighted by atomic mass is 9.98. The Balaban J connectivity index is 1.96. The number of carbonyl (C=O) groups excluding carboxylic acids is 1. The second-order valence-electron chi connectivity index (χ2n) is 4.51. The number of carbonyl (C=O) groups is 1. The Morgan fingerprint density at radius 1 is 1.59 bits per heavy atom. The molecule has 0 atom stereocenters. The van der Waals surface area contributed by atoms with Crippen LogP contribution in [0.5, 0.6) is 0 Å². The first-order valence-corrected chi connectivity index (χ1v) is 6.76. The fourth-order valence-corrected chi connectivity index (χ4v) is 3.06. The zero-order valence-corrected chi connectivity index (χ0v) is 11.1. The molecular formula is C12H18N2O2S. The average molecular weight is 254 g/mol. The van der Waals surface area contributed by atoms with E-state index in [9.17, 15) is 4.79 Å². The van der Waals surface area contributed by atoms with Gasteiger partial charge in [0.15, 0.2) is 0 Å². The van der Waals surface area contributed by atoms with Gasteiger partial charge in [-0.15, -0.1) is 11.3 Å². The molecule has 1 fully saturated rings. The summed E-state index contributed by atoms with van der Waals surface area (Å²) in [5.74, 6) is 0.354. The van der Waals surface area contributed by atoms with Gasteiger partial charge in [0.25, 0.3) is 0 Å². The lowest BCUT2D eigenvalue weighted by molar-refractivity contribution is -0.139. The minimum absolute atomic E-state index is 0.217. The van der Waals surface area contributed by atoms with E-state index >= 15 is 0 Å². The third-order valence-corrected chi connectivity index (χ3v) is 4.25. The number of methoxy groups -OCH3 is 1. The summed E-state index contributed by atoms with van der Waals surface area (Å²) in [5.41, 5.74) is 0.843. The highest BCUT2D eigenvalue weighted by Gasteiger charge is 2.21. The minimum atomic E-state index is -0.217. The van der Waals surface area contributed by atoms with Crippen molar-refractivity contribution < 1.29 is 9.53 Å². The first-order chi connectivity index (χ1) is 8.19. The van der Waals surface area contributed by atoms with Crippen molar-refractivity contribution in [3.63, 3.8) is 0 Å². The molecule has 1 aromatic heterocycles. The van der Waals surface area contributed by atoms with Crippen LogP contribution >= 0.6 is 11.3 Å². The van der Waals surface area contributed by atoms with Crippen LogP contribution in [0.4, 0.5) is 0 Å². The summed E-state index contributed by atoms with van der Waals surface area (Å²) in [4.78, 5) is 18.0. The van der Waals surface area contributed by atoms with Gasteiger partial charge in [-0.25, -0.2) is 4.98 Å². The predicted octanol–water partition coefficient (Wildman–Crippen LogP) is 1.67. The Bertz CT molecular complexity index is 384. The Morgan fingerprint density at radius 3 is 2.94 bits per heavy atom. The lowest BCUT2D eigenvalue weighted by Crippen LogP contribution is -2.29. The molecule has 2 heterocycles. The fourth-order valence-electron chi connectivity index (χ4n) is 2.07. The molecule has 0 radical (unpaired) electrons. The molecule has 1 aliphatic heterocycles.